The normalized spacial score (nSPS) is 17.1. The first-order valence-electron chi connectivity index (χ1n) is 10.6. The smallest absolute Gasteiger partial charge is 0.272 e. The van der Waals surface area contributed by atoms with Crippen LogP contribution < -0.4 is 0 Å². The van der Waals surface area contributed by atoms with Crippen LogP contribution in [0.1, 0.15) is 48.3 Å². The van der Waals surface area contributed by atoms with E-state index in [0.29, 0.717) is 11.4 Å². The molecule has 0 radical (unpaired) electrons. The van der Waals surface area contributed by atoms with Crippen LogP contribution >= 0.6 is 0 Å². The summed E-state index contributed by atoms with van der Waals surface area (Å²) >= 11 is 0. The third-order valence-corrected chi connectivity index (χ3v) is 7.62. The van der Waals surface area contributed by atoms with E-state index in [0.717, 1.165) is 41.6 Å². The van der Waals surface area contributed by atoms with Gasteiger partial charge in [0.1, 0.15) is 5.69 Å². The number of pyridine rings is 1. The van der Waals surface area contributed by atoms with Gasteiger partial charge in [-0.1, -0.05) is 61.7 Å². The fourth-order valence-electron chi connectivity index (χ4n) is 4.13. The summed E-state index contributed by atoms with van der Waals surface area (Å²) in [6.07, 6.45) is 5.68. The maximum absolute atomic E-state index is 13.6. The number of amides is 1. The van der Waals surface area contributed by atoms with Crippen LogP contribution in [0.25, 0.3) is 10.8 Å². The highest BCUT2D eigenvalue weighted by atomic mass is 32.2. The maximum Gasteiger partial charge on any atom is 0.272 e. The molecular weight excluding hydrogens is 392 g/mol. The molecule has 5 heteroatoms. The quantitative estimate of drug-likeness (QED) is 0.563. The van der Waals surface area contributed by atoms with E-state index >= 15 is 0 Å². The van der Waals surface area contributed by atoms with Crippen molar-refractivity contribution in [2.24, 2.45) is 0 Å². The summed E-state index contributed by atoms with van der Waals surface area (Å²) in [7, 11) is -2.61. The first-order chi connectivity index (χ1) is 14.5. The molecule has 0 N–H and O–H groups in total. The molecule has 156 valence electrons. The van der Waals surface area contributed by atoms with Crippen LogP contribution in [0.5, 0.6) is 0 Å². The molecule has 1 aliphatic heterocycles. The minimum atomic E-state index is -2.61. The first-order valence-corrected chi connectivity index (χ1v) is 12.5. The zero-order valence-electron chi connectivity index (χ0n) is 17.3. The number of nitrogens with zero attached hydrogens (tertiary/aromatic N) is 2. The second-order valence-corrected chi connectivity index (χ2v) is 10.4. The van der Waals surface area contributed by atoms with E-state index in [4.69, 9.17) is 0 Å². The average Bonchev–Trinajstić information content (AvgIpc) is 2.72. The van der Waals surface area contributed by atoms with E-state index in [1.807, 2.05) is 59.5 Å². The van der Waals surface area contributed by atoms with Crippen molar-refractivity contribution in [2.45, 2.75) is 42.8 Å². The number of hydrogen-bond acceptors (Lipinski definition) is 3. The Labute approximate surface area is 179 Å². The fourth-order valence-corrected chi connectivity index (χ4v) is 5.84. The Bertz CT molecular complexity index is 1140. The Morgan fingerprint density at radius 3 is 2.37 bits per heavy atom. The fraction of sp³-hybridized carbons (Fsp3) is 0.320. The number of aromatic nitrogens is 1. The van der Waals surface area contributed by atoms with E-state index in [1.165, 1.54) is 19.3 Å². The number of rotatable bonds is 4. The zero-order chi connectivity index (χ0) is 21.0. The van der Waals surface area contributed by atoms with Gasteiger partial charge in [0.2, 0.25) is 0 Å². The van der Waals surface area contributed by atoms with Gasteiger partial charge in [0.25, 0.3) is 5.91 Å². The molecule has 0 saturated carbocycles. The van der Waals surface area contributed by atoms with Gasteiger partial charge in [-0.05, 0) is 47.7 Å². The number of carbonyl (C=O) groups is 1. The first kappa shape index (κ1) is 20.6. The number of likely N-dealkylation sites (tertiary alicyclic amines) is 1. The van der Waals surface area contributed by atoms with Crippen molar-refractivity contribution in [3.63, 3.8) is 0 Å². The van der Waals surface area contributed by atoms with Crippen LogP contribution in [0.15, 0.2) is 65.6 Å². The van der Waals surface area contributed by atoms with E-state index in [-0.39, 0.29) is 11.7 Å². The van der Waals surface area contributed by atoms with E-state index in [2.05, 4.69) is 10.9 Å². The third kappa shape index (κ3) is 4.57. The molecule has 4 nitrogen and oxygen atoms in total. The highest BCUT2D eigenvalue weighted by Gasteiger charge is 2.19. The number of hydrogen-bond donors (Lipinski definition) is 0. The summed E-state index contributed by atoms with van der Waals surface area (Å²) in [6, 6.07) is 19.1. The highest BCUT2D eigenvalue weighted by molar-refractivity contribution is 7.99. The average molecular weight is 421 g/mol. The second-order valence-electron chi connectivity index (χ2n) is 8.01. The molecule has 30 heavy (non-hydrogen) atoms. The molecule has 1 atom stereocenters. The molecule has 1 unspecified atom stereocenters. The second kappa shape index (κ2) is 9.00. The molecular formula is C25H28N2O2S. The standard InChI is InChI=1S/C25H28N2O2S/c1-30(29,24-16-9-12-20-11-5-6-14-22(20)24)19-21-13-10-15-23(26-21)25(28)27-17-7-3-2-4-8-18-27/h5-6,9-16H,1-4,7-8,17-19H2. The lowest BCUT2D eigenvalue weighted by Crippen LogP contribution is -2.34. The van der Waals surface area contributed by atoms with Gasteiger partial charge in [0.05, 0.1) is 11.4 Å². The van der Waals surface area contributed by atoms with Crippen molar-refractivity contribution in [3.8, 4) is 0 Å². The molecule has 0 spiro atoms. The Morgan fingerprint density at radius 2 is 1.57 bits per heavy atom. The SMILES string of the molecule is C=S(=O)(Cc1cccc(C(=O)N2CCCCCCC2)n1)c1cccc2ccccc12. The van der Waals surface area contributed by atoms with Crippen LogP contribution in [-0.4, -0.2) is 39.0 Å². The summed E-state index contributed by atoms with van der Waals surface area (Å²) in [5.74, 6) is 4.25. The van der Waals surface area contributed by atoms with Gasteiger partial charge < -0.3 is 4.90 Å². The lowest BCUT2D eigenvalue weighted by Gasteiger charge is -2.24. The minimum Gasteiger partial charge on any atom is -0.337 e. The Hall–Kier alpha value is -2.66. The molecule has 1 aliphatic rings. The minimum absolute atomic E-state index is 0.0283. The summed E-state index contributed by atoms with van der Waals surface area (Å²) < 4.78 is 13.6. The van der Waals surface area contributed by atoms with E-state index in [9.17, 15) is 9.00 Å². The molecule has 4 rings (SSSR count). The van der Waals surface area contributed by atoms with Gasteiger partial charge in [-0.3, -0.25) is 9.00 Å². The lowest BCUT2D eigenvalue weighted by atomic mass is 10.1. The molecule has 2 heterocycles. The van der Waals surface area contributed by atoms with Crippen molar-refractivity contribution in [1.29, 1.82) is 0 Å². The predicted molar refractivity (Wildman–Crippen MR) is 124 cm³/mol. The van der Waals surface area contributed by atoms with Gasteiger partial charge in [0, 0.05) is 27.5 Å². The molecule has 1 amide bonds. The van der Waals surface area contributed by atoms with Gasteiger partial charge in [0.15, 0.2) is 0 Å². The van der Waals surface area contributed by atoms with E-state index in [1.54, 1.807) is 6.07 Å². The van der Waals surface area contributed by atoms with Gasteiger partial charge >= 0.3 is 0 Å². The maximum atomic E-state index is 13.6. The summed E-state index contributed by atoms with van der Waals surface area (Å²) in [5.41, 5.74) is 1.07. The van der Waals surface area contributed by atoms with Crippen LogP contribution in [0.2, 0.25) is 0 Å². The summed E-state index contributed by atoms with van der Waals surface area (Å²) in [4.78, 5) is 20.2. The Morgan fingerprint density at radius 1 is 0.900 bits per heavy atom. The molecule has 2 aromatic carbocycles. The summed E-state index contributed by atoms with van der Waals surface area (Å²) in [6.45, 7) is 1.57. The molecule has 1 saturated heterocycles. The molecule has 1 aromatic heterocycles. The molecule has 1 fully saturated rings. The van der Waals surface area contributed by atoms with Crippen molar-refractivity contribution in [1.82, 2.24) is 9.88 Å². The lowest BCUT2D eigenvalue weighted by molar-refractivity contribution is 0.0736. The largest absolute Gasteiger partial charge is 0.337 e. The molecule has 0 aliphatic carbocycles. The van der Waals surface area contributed by atoms with E-state index < -0.39 is 9.52 Å². The highest BCUT2D eigenvalue weighted by Crippen LogP contribution is 2.25. The Balaban J connectivity index is 1.58. The topological polar surface area (TPSA) is 50.3 Å². The van der Waals surface area contributed by atoms with Crippen LogP contribution in [0.4, 0.5) is 0 Å². The Kier molecular flexibility index (Phi) is 6.18. The number of benzene rings is 2. The van der Waals surface area contributed by atoms with Gasteiger partial charge in [-0.2, -0.15) is 0 Å². The predicted octanol–water partition coefficient (Wildman–Crippen LogP) is 4.92. The zero-order valence-corrected chi connectivity index (χ0v) is 18.1. The van der Waals surface area contributed by atoms with Crippen LogP contribution in [-0.2, 0) is 15.3 Å². The number of fused-ring (bicyclic) bond motifs is 1. The molecule has 3 aromatic rings. The van der Waals surface area contributed by atoms with Crippen molar-refractivity contribution >= 4 is 32.1 Å². The van der Waals surface area contributed by atoms with Crippen LogP contribution in [0, 0.1) is 0 Å². The van der Waals surface area contributed by atoms with Crippen LogP contribution in [0.3, 0.4) is 0 Å². The van der Waals surface area contributed by atoms with Crippen molar-refractivity contribution in [2.75, 3.05) is 13.1 Å². The van der Waals surface area contributed by atoms with Gasteiger partial charge in [-0.25, -0.2) is 4.98 Å². The third-order valence-electron chi connectivity index (χ3n) is 5.70. The number of carbonyl (C=O) groups excluding carboxylic acids is 1. The summed E-state index contributed by atoms with van der Waals surface area (Å²) in [5, 5.41) is 1.99. The monoisotopic (exact) mass is 420 g/mol. The van der Waals surface area contributed by atoms with Crippen molar-refractivity contribution < 1.29 is 9.00 Å². The van der Waals surface area contributed by atoms with Crippen molar-refractivity contribution in [3.05, 3.63) is 72.1 Å². The van der Waals surface area contributed by atoms with Gasteiger partial charge in [-0.15, -0.1) is 0 Å². The molecule has 0 bridgehead atoms.